The first-order valence-corrected chi connectivity index (χ1v) is 8.90. The largest absolute Gasteiger partial charge is 0.427 e. The average molecular weight is 321 g/mol. The van der Waals surface area contributed by atoms with Crippen molar-refractivity contribution in [3.05, 3.63) is 30.3 Å². The monoisotopic (exact) mass is 321 g/mol. The minimum absolute atomic E-state index is 0.133. The summed E-state index contributed by atoms with van der Waals surface area (Å²) in [7, 11) is 0. The van der Waals surface area contributed by atoms with Crippen molar-refractivity contribution in [3.63, 3.8) is 0 Å². The Labute approximate surface area is 140 Å². The normalized spacial score (nSPS) is 10.7. The first kappa shape index (κ1) is 19.7. The molecule has 0 radical (unpaired) electrons. The van der Waals surface area contributed by atoms with Crippen LogP contribution < -0.4 is 10.1 Å². The van der Waals surface area contributed by atoms with Crippen molar-refractivity contribution in [3.8, 4) is 5.75 Å². The van der Waals surface area contributed by atoms with Crippen molar-refractivity contribution in [2.75, 3.05) is 19.7 Å². The lowest BCUT2D eigenvalue weighted by molar-refractivity contribution is -0.134. The summed E-state index contributed by atoms with van der Waals surface area (Å²) in [5.41, 5.74) is 0. The van der Waals surface area contributed by atoms with Crippen molar-refractivity contribution in [2.24, 2.45) is 0 Å². The van der Waals surface area contributed by atoms with Crippen LogP contribution in [0.1, 0.15) is 57.8 Å². The number of aliphatic hydroxyl groups is 1. The van der Waals surface area contributed by atoms with Gasteiger partial charge >= 0.3 is 5.97 Å². The molecule has 0 aliphatic heterocycles. The van der Waals surface area contributed by atoms with Crippen LogP contribution in [0.25, 0.3) is 0 Å². The van der Waals surface area contributed by atoms with Gasteiger partial charge in [-0.15, -0.1) is 0 Å². The number of carbonyl (C=O) groups is 1. The van der Waals surface area contributed by atoms with Gasteiger partial charge in [0.05, 0.1) is 6.61 Å². The maximum atomic E-state index is 11.7. The quantitative estimate of drug-likeness (QED) is 0.312. The number of hydrogen-bond acceptors (Lipinski definition) is 4. The molecule has 0 bridgehead atoms. The molecule has 0 aliphatic rings. The van der Waals surface area contributed by atoms with Gasteiger partial charge in [0.1, 0.15) is 5.75 Å². The highest BCUT2D eigenvalue weighted by atomic mass is 16.5. The highest BCUT2D eigenvalue weighted by Gasteiger charge is 2.03. The van der Waals surface area contributed by atoms with E-state index < -0.39 is 0 Å². The summed E-state index contributed by atoms with van der Waals surface area (Å²) in [6, 6.07) is 9.24. The smallest absolute Gasteiger partial charge is 0.311 e. The molecular formula is C19H31NO3. The van der Waals surface area contributed by atoms with Gasteiger partial charge in [0.25, 0.3) is 0 Å². The second kappa shape index (κ2) is 14.2. The standard InChI is InChI=1S/C19H31NO3/c21-17-16-20-15-11-6-4-2-1-3-5-10-14-19(22)23-18-12-8-7-9-13-18/h7-9,12-13,20-21H,1-6,10-11,14-17H2. The van der Waals surface area contributed by atoms with Crippen LogP contribution in [0, 0.1) is 0 Å². The van der Waals surface area contributed by atoms with Gasteiger partial charge in [-0.1, -0.05) is 56.7 Å². The zero-order valence-corrected chi connectivity index (χ0v) is 14.1. The molecule has 1 rings (SSSR count). The van der Waals surface area contributed by atoms with Crippen LogP contribution in [0.3, 0.4) is 0 Å². The lowest BCUT2D eigenvalue weighted by atomic mass is 10.1. The van der Waals surface area contributed by atoms with Crippen LogP contribution in [0.4, 0.5) is 0 Å². The average Bonchev–Trinajstić information content (AvgIpc) is 2.57. The van der Waals surface area contributed by atoms with Crippen LogP contribution in [0.15, 0.2) is 30.3 Å². The SMILES string of the molecule is O=C(CCCCCCCCCCNCCO)Oc1ccccc1. The number of carbonyl (C=O) groups excluding carboxylic acids is 1. The van der Waals surface area contributed by atoms with Crippen LogP contribution in [-0.2, 0) is 4.79 Å². The van der Waals surface area contributed by atoms with E-state index in [-0.39, 0.29) is 12.6 Å². The number of ether oxygens (including phenoxy) is 1. The Kier molecular flexibility index (Phi) is 12.2. The second-order valence-electron chi connectivity index (χ2n) is 5.84. The molecule has 1 aromatic carbocycles. The molecular weight excluding hydrogens is 290 g/mol. The number of unbranched alkanes of at least 4 members (excludes halogenated alkanes) is 7. The van der Waals surface area contributed by atoms with E-state index in [1.807, 2.05) is 18.2 Å². The molecule has 0 heterocycles. The molecule has 0 fully saturated rings. The summed E-state index contributed by atoms with van der Waals surface area (Å²) in [6.07, 6.45) is 9.95. The van der Waals surface area contributed by atoms with Crippen LogP contribution >= 0.6 is 0 Å². The van der Waals surface area contributed by atoms with E-state index in [1.165, 1.54) is 38.5 Å². The Morgan fingerprint density at radius 1 is 0.870 bits per heavy atom. The molecule has 0 spiro atoms. The summed E-state index contributed by atoms with van der Waals surface area (Å²) in [5.74, 6) is 0.498. The third kappa shape index (κ3) is 11.8. The number of para-hydroxylation sites is 1. The summed E-state index contributed by atoms with van der Waals surface area (Å²) in [5, 5.41) is 11.8. The van der Waals surface area contributed by atoms with E-state index in [4.69, 9.17) is 9.84 Å². The molecule has 4 nitrogen and oxygen atoms in total. The van der Waals surface area contributed by atoms with Crippen molar-refractivity contribution >= 4 is 5.97 Å². The van der Waals surface area contributed by atoms with Gasteiger partial charge in [-0.2, -0.15) is 0 Å². The highest BCUT2D eigenvalue weighted by Crippen LogP contribution is 2.12. The highest BCUT2D eigenvalue weighted by molar-refractivity contribution is 5.72. The second-order valence-corrected chi connectivity index (χ2v) is 5.84. The summed E-state index contributed by atoms with van der Waals surface area (Å²) >= 11 is 0. The topological polar surface area (TPSA) is 58.6 Å². The first-order chi connectivity index (χ1) is 11.3. The third-order valence-electron chi connectivity index (χ3n) is 3.75. The Morgan fingerprint density at radius 2 is 1.48 bits per heavy atom. The molecule has 130 valence electrons. The van der Waals surface area contributed by atoms with Gasteiger partial charge in [0, 0.05) is 13.0 Å². The maximum absolute atomic E-state index is 11.7. The minimum Gasteiger partial charge on any atom is -0.427 e. The van der Waals surface area contributed by atoms with Gasteiger partial charge in [0.2, 0.25) is 0 Å². The Morgan fingerprint density at radius 3 is 2.13 bits per heavy atom. The molecule has 0 saturated carbocycles. The summed E-state index contributed by atoms with van der Waals surface area (Å²) < 4.78 is 5.25. The van der Waals surface area contributed by atoms with Crippen molar-refractivity contribution in [1.29, 1.82) is 0 Å². The molecule has 4 heteroatoms. The number of aliphatic hydroxyl groups excluding tert-OH is 1. The Balaban J connectivity index is 1.83. The zero-order chi connectivity index (χ0) is 16.6. The molecule has 23 heavy (non-hydrogen) atoms. The van der Waals surface area contributed by atoms with Crippen LogP contribution in [0.2, 0.25) is 0 Å². The maximum Gasteiger partial charge on any atom is 0.311 e. The van der Waals surface area contributed by atoms with Gasteiger partial charge in [-0.05, 0) is 31.5 Å². The fourth-order valence-electron chi connectivity index (χ4n) is 2.46. The first-order valence-electron chi connectivity index (χ1n) is 8.90. The van der Waals surface area contributed by atoms with Gasteiger partial charge in [-0.3, -0.25) is 4.79 Å². The molecule has 0 aliphatic carbocycles. The summed E-state index contributed by atoms with van der Waals surface area (Å²) in [4.78, 5) is 11.7. The summed E-state index contributed by atoms with van der Waals surface area (Å²) in [6.45, 7) is 1.93. The predicted molar refractivity (Wildman–Crippen MR) is 93.6 cm³/mol. The lowest BCUT2D eigenvalue weighted by Gasteiger charge is -2.05. The van der Waals surface area contributed by atoms with Crippen molar-refractivity contribution in [1.82, 2.24) is 5.32 Å². The third-order valence-corrected chi connectivity index (χ3v) is 3.75. The Hall–Kier alpha value is -1.39. The Bertz CT molecular complexity index is 395. The van der Waals surface area contributed by atoms with Gasteiger partial charge < -0.3 is 15.2 Å². The van der Waals surface area contributed by atoms with Crippen LogP contribution in [0.5, 0.6) is 5.75 Å². The molecule has 0 aromatic heterocycles. The number of hydrogen-bond donors (Lipinski definition) is 2. The van der Waals surface area contributed by atoms with E-state index in [9.17, 15) is 4.79 Å². The van der Waals surface area contributed by atoms with E-state index in [0.29, 0.717) is 18.7 Å². The van der Waals surface area contributed by atoms with Crippen molar-refractivity contribution < 1.29 is 14.6 Å². The van der Waals surface area contributed by atoms with E-state index in [1.54, 1.807) is 12.1 Å². The van der Waals surface area contributed by atoms with Gasteiger partial charge in [-0.25, -0.2) is 0 Å². The molecule has 1 aromatic rings. The van der Waals surface area contributed by atoms with E-state index in [2.05, 4.69) is 5.32 Å². The molecule has 0 saturated heterocycles. The molecule has 0 amide bonds. The molecule has 2 N–H and O–H groups in total. The van der Waals surface area contributed by atoms with E-state index >= 15 is 0 Å². The fourth-order valence-corrected chi connectivity index (χ4v) is 2.46. The lowest BCUT2D eigenvalue weighted by Crippen LogP contribution is -2.19. The van der Waals surface area contributed by atoms with E-state index in [0.717, 1.165) is 19.4 Å². The fraction of sp³-hybridized carbons (Fsp3) is 0.632. The number of esters is 1. The number of nitrogens with one attached hydrogen (secondary N) is 1. The van der Waals surface area contributed by atoms with Crippen LogP contribution in [-0.4, -0.2) is 30.8 Å². The minimum atomic E-state index is -0.133. The van der Waals surface area contributed by atoms with Crippen molar-refractivity contribution in [2.45, 2.75) is 57.8 Å². The number of rotatable bonds is 14. The molecule has 0 atom stereocenters. The predicted octanol–water partition coefficient (Wildman–Crippen LogP) is 3.68. The number of benzene rings is 1. The zero-order valence-electron chi connectivity index (χ0n) is 14.1. The molecule has 0 unspecified atom stereocenters. The van der Waals surface area contributed by atoms with Gasteiger partial charge in [0.15, 0.2) is 0 Å².